The smallest absolute Gasteiger partial charge is 0.335 e. The molecule has 7 heteroatoms. The number of carboxylic acids is 1. The fourth-order valence-corrected chi connectivity index (χ4v) is 3.01. The molecular weight excluding hydrogens is 296 g/mol. The Kier molecular flexibility index (Phi) is 4.37. The molecule has 0 saturated carbocycles. The number of aromatic carboxylic acids is 1. The van der Waals surface area contributed by atoms with E-state index in [1.54, 1.807) is 0 Å². The summed E-state index contributed by atoms with van der Waals surface area (Å²) >= 11 is 0. The van der Waals surface area contributed by atoms with Gasteiger partial charge in [-0.3, -0.25) is 5.26 Å². The molecule has 0 unspecified atom stereocenters. The minimum Gasteiger partial charge on any atom is -0.478 e. The van der Waals surface area contributed by atoms with Crippen molar-refractivity contribution in [2.45, 2.75) is 16.4 Å². The summed E-state index contributed by atoms with van der Waals surface area (Å²) in [6.45, 7) is -0.0341. The van der Waals surface area contributed by atoms with Gasteiger partial charge in [0.1, 0.15) is 6.61 Å². The lowest BCUT2D eigenvalue weighted by atomic mass is 10.2. The lowest BCUT2D eigenvalue weighted by Crippen LogP contribution is -2.03. The van der Waals surface area contributed by atoms with Crippen LogP contribution >= 0.6 is 0 Å². The van der Waals surface area contributed by atoms with Crippen LogP contribution in [0.2, 0.25) is 0 Å². The predicted molar refractivity (Wildman–Crippen MR) is 72.7 cm³/mol. The minimum atomic E-state index is -3.71. The second kappa shape index (κ2) is 6.04. The van der Waals surface area contributed by atoms with Crippen LogP contribution in [0.1, 0.15) is 15.9 Å². The van der Waals surface area contributed by atoms with Gasteiger partial charge in [-0.2, -0.15) is 0 Å². The largest absolute Gasteiger partial charge is 0.478 e. The quantitative estimate of drug-likeness (QED) is 0.648. The molecular formula is C14H12O6S. The molecule has 0 aliphatic heterocycles. The maximum Gasteiger partial charge on any atom is 0.335 e. The van der Waals surface area contributed by atoms with Crippen molar-refractivity contribution in [3.05, 3.63) is 59.7 Å². The Morgan fingerprint density at radius 1 is 0.952 bits per heavy atom. The zero-order chi connectivity index (χ0) is 15.5. The van der Waals surface area contributed by atoms with Crippen molar-refractivity contribution in [1.29, 1.82) is 0 Å². The number of rotatable bonds is 5. The molecule has 0 aliphatic carbocycles. The van der Waals surface area contributed by atoms with Crippen LogP contribution in [-0.2, 0) is 21.3 Å². The average Bonchev–Trinajstić information content (AvgIpc) is 2.48. The summed E-state index contributed by atoms with van der Waals surface area (Å²) in [6, 6.07) is 10.8. The lowest BCUT2D eigenvalue weighted by molar-refractivity contribution is -0.253. The molecule has 21 heavy (non-hydrogen) atoms. The van der Waals surface area contributed by atoms with Gasteiger partial charge in [-0.15, -0.1) is 0 Å². The van der Waals surface area contributed by atoms with Gasteiger partial charge >= 0.3 is 5.97 Å². The fourth-order valence-electron chi connectivity index (χ4n) is 1.75. The van der Waals surface area contributed by atoms with Crippen molar-refractivity contribution in [2.24, 2.45) is 0 Å². The summed E-state index contributed by atoms with van der Waals surface area (Å²) in [5, 5.41) is 17.1. The molecule has 0 spiro atoms. The zero-order valence-electron chi connectivity index (χ0n) is 10.8. The van der Waals surface area contributed by atoms with Gasteiger partial charge in [0.2, 0.25) is 9.84 Å². The molecule has 2 aromatic carbocycles. The lowest BCUT2D eigenvalue weighted by Gasteiger charge is -2.06. The average molecular weight is 308 g/mol. The SMILES string of the molecule is O=C(O)c1ccc(S(=O)(=O)c2ccc(COO)cc2)cc1. The van der Waals surface area contributed by atoms with Gasteiger partial charge in [-0.25, -0.2) is 18.1 Å². The number of sulfone groups is 1. The zero-order valence-corrected chi connectivity index (χ0v) is 11.6. The molecule has 2 N–H and O–H groups in total. The minimum absolute atomic E-state index is 0.0126. The van der Waals surface area contributed by atoms with E-state index in [0.29, 0.717) is 5.56 Å². The van der Waals surface area contributed by atoms with Crippen molar-refractivity contribution >= 4 is 15.8 Å². The van der Waals surface area contributed by atoms with E-state index in [-0.39, 0.29) is 22.0 Å². The van der Waals surface area contributed by atoms with Crippen LogP contribution in [0, 0.1) is 0 Å². The maximum atomic E-state index is 12.4. The summed E-state index contributed by atoms with van der Waals surface area (Å²) in [4.78, 5) is 14.8. The molecule has 0 bridgehead atoms. The van der Waals surface area contributed by atoms with E-state index in [2.05, 4.69) is 4.89 Å². The summed E-state index contributed by atoms with van der Waals surface area (Å²) in [5.74, 6) is -1.12. The fraction of sp³-hybridized carbons (Fsp3) is 0.0714. The third kappa shape index (κ3) is 3.27. The third-order valence-electron chi connectivity index (χ3n) is 2.88. The Hall–Kier alpha value is -2.22. The van der Waals surface area contributed by atoms with Crippen LogP contribution < -0.4 is 0 Å². The molecule has 0 aromatic heterocycles. The Bertz CT molecular complexity index is 732. The first-order valence-electron chi connectivity index (χ1n) is 5.89. The first-order chi connectivity index (χ1) is 9.95. The Labute approximate surface area is 121 Å². The maximum absolute atomic E-state index is 12.4. The highest BCUT2D eigenvalue weighted by atomic mass is 32.2. The molecule has 2 rings (SSSR count). The summed E-state index contributed by atoms with van der Waals surface area (Å²) in [6.07, 6.45) is 0. The molecule has 0 fully saturated rings. The molecule has 0 atom stereocenters. The summed E-state index contributed by atoms with van der Waals surface area (Å²) in [7, 11) is -3.71. The highest BCUT2D eigenvalue weighted by Crippen LogP contribution is 2.21. The topological polar surface area (TPSA) is 101 Å². The van der Waals surface area contributed by atoms with Gasteiger partial charge in [-0.1, -0.05) is 12.1 Å². The van der Waals surface area contributed by atoms with Crippen LogP contribution in [0.3, 0.4) is 0 Å². The van der Waals surface area contributed by atoms with E-state index in [9.17, 15) is 13.2 Å². The number of carbonyl (C=O) groups is 1. The van der Waals surface area contributed by atoms with Gasteiger partial charge in [0.05, 0.1) is 15.4 Å². The van der Waals surface area contributed by atoms with Gasteiger partial charge in [-0.05, 0) is 42.0 Å². The van der Waals surface area contributed by atoms with E-state index < -0.39 is 15.8 Å². The van der Waals surface area contributed by atoms with Crippen LogP contribution in [0.25, 0.3) is 0 Å². The number of hydrogen-bond acceptors (Lipinski definition) is 5. The Balaban J connectivity index is 2.34. The highest BCUT2D eigenvalue weighted by molar-refractivity contribution is 7.91. The second-order valence-electron chi connectivity index (χ2n) is 4.25. The highest BCUT2D eigenvalue weighted by Gasteiger charge is 2.18. The van der Waals surface area contributed by atoms with Crippen LogP contribution in [0.15, 0.2) is 58.3 Å². The summed E-state index contributed by atoms with van der Waals surface area (Å²) < 4.78 is 24.7. The van der Waals surface area contributed by atoms with Crippen molar-refractivity contribution < 1.29 is 28.5 Å². The third-order valence-corrected chi connectivity index (χ3v) is 4.66. The molecule has 0 aliphatic rings. The van der Waals surface area contributed by atoms with Crippen molar-refractivity contribution in [2.75, 3.05) is 0 Å². The van der Waals surface area contributed by atoms with E-state index in [0.717, 1.165) is 0 Å². The van der Waals surface area contributed by atoms with E-state index in [4.69, 9.17) is 10.4 Å². The van der Waals surface area contributed by atoms with E-state index in [1.165, 1.54) is 48.5 Å². The predicted octanol–water partition coefficient (Wildman–Crippen LogP) is 2.21. The first-order valence-corrected chi connectivity index (χ1v) is 7.37. The van der Waals surface area contributed by atoms with Gasteiger partial charge in [0, 0.05) is 0 Å². The van der Waals surface area contributed by atoms with Crippen molar-refractivity contribution in [3.63, 3.8) is 0 Å². The second-order valence-corrected chi connectivity index (χ2v) is 6.20. The van der Waals surface area contributed by atoms with Crippen LogP contribution in [-0.4, -0.2) is 24.8 Å². The van der Waals surface area contributed by atoms with E-state index in [1.807, 2.05) is 0 Å². The monoisotopic (exact) mass is 308 g/mol. The van der Waals surface area contributed by atoms with Gasteiger partial charge in [0.25, 0.3) is 0 Å². The standard InChI is InChI=1S/C14H12O6S/c15-14(16)11-3-7-13(8-4-11)21(18,19)12-5-1-10(2-6-12)9-20-17/h1-8,17H,9H2,(H,15,16). The molecule has 2 aromatic rings. The van der Waals surface area contributed by atoms with Crippen molar-refractivity contribution in [3.8, 4) is 0 Å². The molecule has 110 valence electrons. The van der Waals surface area contributed by atoms with Crippen molar-refractivity contribution in [1.82, 2.24) is 0 Å². The van der Waals surface area contributed by atoms with Crippen LogP contribution in [0.5, 0.6) is 0 Å². The molecule has 0 heterocycles. The number of hydrogen-bond donors (Lipinski definition) is 2. The molecule has 0 amide bonds. The molecule has 6 nitrogen and oxygen atoms in total. The number of benzene rings is 2. The Morgan fingerprint density at radius 2 is 1.43 bits per heavy atom. The molecule has 0 saturated heterocycles. The van der Waals surface area contributed by atoms with E-state index >= 15 is 0 Å². The Morgan fingerprint density at radius 3 is 1.86 bits per heavy atom. The summed E-state index contributed by atoms with van der Waals surface area (Å²) in [5.41, 5.74) is 0.641. The molecule has 0 radical (unpaired) electrons. The normalized spacial score (nSPS) is 11.3. The van der Waals surface area contributed by atoms with Crippen LogP contribution in [0.4, 0.5) is 0 Å². The van der Waals surface area contributed by atoms with Gasteiger partial charge in [0.15, 0.2) is 0 Å². The number of carboxylic acid groups (broad SMARTS) is 1. The first kappa shape index (κ1) is 15.2. The van der Waals surface area contributed by atoms with Gasteiger partial charge < -0.3 is 5.11 Å².